The van der Waals surface area contributed by atoms with Crippen LogP contribution in [0.15, 0.2) is 26.2 Å². The minimum absolute atomic E-state index is 0.0528. The van der Waals surface area contributed by atoms with Gasteiger partial charge >= 0.3 is 11.7 Å². The fraction of sp³-hybridized carbons (Fsp3) is 0.400. The van der Waals surface area contributed by atoms with Crippen LogP contribution < -0.4 is 10.8 Å². The molecule has 0 aliphatic heterocycles. The molecule has 0 atom stereocenters. The number of aryl methyl sites for hydroxylation is 1. The molecule has 0 bridgehead atoms. The zero-order valence-corrected chi connectivity index (χ0v) is 14.9. The van der Waals surface area contributed by atoms with Crippen LogP contribution in [0.3, 0.4) is 0 Å². The Labute approximate surface area is 147 Å². The molecule has 4 rings (SSSR count). The van der Waals surface area contributed by atoms with E-state index in [-0.39, 0.29) is 28.4 Å². The lowest BCUT2D eigenvalue weighted by Crippen LogP contribution is -2.26. The molecule has 2 aromatic heterocycles. The van der Waals surface area contributed by atoms with Gasteiger partial charge in [0.05, 0.1) is 11.0 Å². The van der Waals surface area contributed by atoms with E-state index in [9.17, 15) is 17.6 Å². The second-order valence-corrected chi connectivity index (χ2v) is 8.46. The summed E-state index contributed by atoms with van der Waals surface area (Å²) in [5.74, 6) is -0.788. The number of benzene rings is 1. The average Bonchev–Trinajstić information content (AvgIpc) is 3.01. The van der Waals surface area contributed by atoms with Crippen LogP contribution in [0.5, 0.6) is 0 Å². The minimum Gasteiger partial charge on any atom is -0.408 e. The summed E-state index contributed by atoms with van der Waals surface area (Å²) in [5, 5.41) is 12.6. The Morgan fingerprint density at radius 2 is 2.00 bits per heavy atom. The highest BCUT2D eigenvalue weighted by atomic mass is 32.2. The third-order valence-electron chi connectivity index (χ3n) is 4.64. The lowest BCUT2D eigenvalue weighted by Gasteiger charge is -2.09. The predicted octanol–water partition coefficient (Wildman–Crippen LogP) is 1.07. The first kappa shape index (κ1) is 16.9. The molecule has 3 aromatic rings. The fourth-order valence-corrected chi connectivity index (χ4v) is 3.55. The summed E-state index contributed by atoms with van der Waals surface area (Å²) in [5.41, 5.74) is -0.192. The summed E-state index contributed by atoms with van der Waals surface area (Å²) in [7, 11) is -4.31. The molecule has 0 spiro atoms. The van der Waals surface area contributed by atoms with Gasteiger partial charge in [0, 0.05) is 19.5 Å². The van der Waals surface area contributed by atoms with E-state index >= 15 is 0 Å². The molecule has 0 amide bonds. The molecule has 11 heteroatoms. The van der Waals surface area contributed by atoms with Crippen molar-refractivity contribution in [1.82, 2.24) is 19.3 Å². The van der Waals surface area contributed by atoms with E-state index in [1.807, 2.05) is 6.92 Å². The molecule has 26 heavy (non-hydrogen) atoms. The normalized spacial score (nSPS) is 16.3. The van der Waals surface area contributed by atoms with Crippen molar-refractivity contribution in [2.45, 2.75) is 38.1 Å². The molecule has 1 saturated carbocycles. The van der Waals surface area contributed by atoms with Crippen LogP contribution in [0.4, 0.5) is 4.39 Å². The number of nitrogens with zero attached hydrogens (tertiary/aromatic N) is 4. The van der Waals surface area contributed by atoms with Crippen LogP contribution in [0, 0.1) is 18.2 Å². The molecular weight excluding hydrogens is 365 g/mol. The first-order valence-corrected chi connectivity index (χ1v) is 9.42. The molecule has 0 radical (unpaired) electrons. The molecule has 0 unspecified atom stereocenters. The molecule has 138 valence electrons. The Morgan fingerprint density at radius 1 is 1.31 bits per heavy atom. The van der Waals surface area contributed by atoms with Crippen LogP contribution in [0.1, 0.15) is 25.7 Å². The van der Waals surface area contributed by atoms with Gasteiger partial charge in [-0.2, -0.15) is 0 Å². The number of fused-ring (bicyclic) bond motifs is 1. The van der Waals surface area contributed by atoms with Gasteiger partial charge in [-0.15, -0.1) is 5.10 Å². The molecule has 0 saturated heterocycles. The number of hydrogen-bond acceptors (Lipinski definition) is 6. The van der Waals surface area contributed by atoms with Crippen molar-refractivity contribution in [3.63, 3.8) is 0 Å². The van der Waals surface area contributed by atoms with Gasteiger partial charge in [-0.05, 0) is 24.3 Å². The first-order valence-electron chi connectivity index (χ1n) is 7.87. The zero-order valence-electron chi connectivity index (χ0n) is 14.1. The monoisotopic (exact) mass is 381 g/mol. The molecule has 2 heterocycles. The summed E-state index contributed by atoms with van der Waals surface area (Å²) < 4.78 is 45.5. The number of primary sulfonamides is 1. The second-order valence-electron chi connectivity index (χ2n) is 6.93. The second kappa shape index (κ2) is 5.24. The number of sulfonamides is 1. The van der Waals surface area contributed by atoms with Crippen LogP contribution in [0.2, 0.25) is 0 Å². The zero-order chi connectivity index (χ0) is 18.9. The molecule has 9 nitrogen and oxygen atoms in total. The van der Waals surface area contributed by atoms with E-state index in [0.29, 0.717) is 6.54 Å². The number of halogens is 1. The maximum atomic E-state index is 14.4. The maximum absolute atomic E-state index is 14.4. The van der Waals surface area contributed by atoms with Gasteiger partial charge in [0.2, 0.25) is 15.9 Å². The van der Waals surface area contributed by atoms with Gasteiger partial charge < -0.3 is 4.42 Å². The van der Waals surface area contributed by atoms with E-state index in [1.54, 1.807) is 6.92 Å². The predicted molar refractivity (Wildman–Crippen MR) is 88.8 cm³/mol. The number of hydrogen-bond donors (Lipinski definition) is 1. The van der Waals surface area contributed by atoms with Gasteiger partial charge in [-0.25, -0.2) is 27.3 Å². The quantitative estimate of drug-likeness (QED) is 0.720. The minimum atomic E-state index is -4.31. The van der Waals surface area contributed by atoms with Gasteiger partial charge in [0.15, 0.2) is 0 Å². The maximum Gasteiger partial charge on any atom is 0.337 e. The van der Waals surface area contributed by atoms with Crippen LogP contribution in [-0.2, 0) is 16.6 Å². The van der Waals surface area contributed by atoms with Gasteiger partial charge in [-0.1, -0.05) is 12.0 Å². The lowest BCUT2D eigenvalue weighted by molar-refractivity contribution is 0.452. The Kier molecular flexibility index (Phi) is 3.41. The molecular formula is C15H16FN5O4S. The van der Waals surface area contributed by atoms with Crippen molar-refractivity contribution in [3.05, 3.63) is 34.3 Å². The van der Waals surface area contributed by atoms with Crippen LogP contribution >= 0.6 is 0 Å². The Hall–Kier alpha value is -2.53. The Morgan fingerprint density at radius 3 is 2.54 bits per heavy atom. The fourth-order valence-electron chi connectivity index (χ4n) is 2.94. The topological polar surface area (TPSA) is 126 Å². The molecule has 1 aromatic carbocycles. The molecule has 2 N–H and O–H groups in total. The average molecular weight is 381 g/mol. The van der Waals surface area contributed by atoms with Crippen molar-refractivity contribution in [2.24, 2.45) is 10.6 Å². The smallest absolute Gasteiger partial charge is 0.337 e. The van der Waals surface area contributed by atoms with E-state index in [2.05, 4.69) is 10.2 Å². The largest absolute Gasteiger partial charge is 0.408 e. The van der Waals surface area contributed by atoms with E-state index < -0.39 is 26.4 Å². The summed E-state index contributed by atoms with van der Waals surface area (Å²) in [6.45, 7) is 3.95. The highest BCUT2D eigenvalue weighted by Gasteiger charge is 2.39. The van der Waals surface area contributed by atoms with E-state index in [0.717, 1.165) is 29.5 Å². The Balaban J connectivity index is 2.07. The van der Waals surface area contributed by atoms with Crippen molar-refractivity contribution in [3.8, 4) is 6.01 Å². The number of aromatic nitrogens is 4. The lowest BCUT2D eigenvalue weighted by atomic mass is 10.1. The molecule has 1 aliphatic carbocycles. The Bertz CT molecular complexity index is 1200. The number of imidazole rings is 1. The van der Waals surface area contributed by atoms with Gasteiger partial charge in [0.25, 0.3) is 0 Å². The van der Waals surface area contributed by atoms with Crippen molar-refractivity contribution >= 4 is 21.1 Å². The van der Waals surface area contributed by atoms with Gasteiger partial charge in [0.1, 0.15) is 10.7 Å². The standard InChI is InChI=1S/C15H16FN5O4S/c1-8-18-19-13(25-8)21-11-6-12(26(17,23)24)9(16)5-10(11)20(14(21)22)7-15(2)3-4-15/h5-6H,3-4,7H2,1-2H3,(H2,17,23,24). The SMILES string of the molecule is Cc1nnc(-n2c(=O)n(CC3(C)CC3)c3cc(F)c(S(N)(=O)=O)cc32)o1. The molecule has 1 fully saturated rings. The summed E-state index contributed by atoms with van der Waals surface area (Å²) in [6, 6.07) is 1.90. The third-order valence-corrected chi connectivity index (χ3v) is 5.57. The number of nitrogens with two attached hydrogens (primary N) is 1. The van der Waals surface area contributed by atoms with E-state index in [1.165, 1.54) is 4.57 Å². The third kappa shape index (κ3) is 2.63. The highest BCUT2D eigenvalue weighted by molar-refractivity contribution is 7.89. The van der Waals surface area contributed by atoms with Crippen molar-refractivity contribution in [1.29, 1.82) is 0 Å². The van der Waals surface area contributed by atoms with Crippen molar-refractivity contribution in [2.75, 3.05) is 0 Å². The first-order chi connectivity index (χ1) is 12.1. The summed E-state index contributed by atoms with van der Waals surface area (Å²) in [6.07, 6.45) is 1.90. The van der Waals surface area contributed by atoms with Crippen LogP contribution in [-0.4, -0.2) is 27.7 Å². The highest BCUT2D eigenvalue weighted by Crippen LogP contribution is 2.46. The van der Waals surface area contributed by atoms with E-state index in [4.69, 9.17) is 9.56 Å². The van der Waals surface area contributed by atoms with Gasteiger partial charge in [-0.3, -0.25) is 4.57 Å². The van der Waals surface area contributed by atoms with Crippen molar-refractivity contribution < 1.29 is 17.2 Å². The molecule has 1 aliphatic rings. The summed E-state index contributed by atoms with van der Waals surface area (Å²) in [4.78, 5) is 12.3. The van der Waals surface area contributed by atoms with Crippen LogP contribution in [0.25, 0.3) is 17.0 Å². The number of rotatable bonds is 4. The summed E-state index contributed by atoms with van der Waals surface area (Å²) >= 11 is 0.